The summed E-state index contributed by atoms with van der Waals surface area (Å²) in [7, 11) is 3.07. The molecule has 1 aliphatic heterocycles. The van der Waals surface area contributed by atoms with Crippen molar-refractivity contribution in [3.63, 3.8) is 0 Å². The number of carbonyl (C=O) groups excluding carboxylic acids is 1. The molecule has 0 spiro atoms. The van der Waals surface area contributed by atoms with Crippen LogP contribution in [0.2, 0.25) is 10.0 Å². The molecule has 0 bridgehead atoms. The Labute approximate surface area is 154 Å². The highest BCUT2D eigenvalue weighted by Gasteiger charge is 2.25. The Morgan fingerprint density at radius 1 is 1.04 bits per heavy atom. The van der Waals surface area contributed by atoms with Gasteiger partial charge in [0.1, 0.15) is 0 Å². The van der Waals surface area contributed by atoms with Gasteiger partial charge in [0.05, 0.1) is 14.2 Å². The van der Waals surface area contributed by atoms with Gasteiger partial charge in [-0.25, -0.2) is 9.79 Å². The molecule has 0 fully saturated rings. The van der Waals surface area contributed by atoms with E-state index >= 15 is 0 Å². The van der Waals surface area contributed by atoms with Gasteiger partial charge in [0.25, 0.3) is 0 Å². The van der Waals surface area contributed by atoms with Crippen molar-refractivity contribution in [2.75, 3.05) is 14.2 Å². The second-order valence-electron chi connectivity index (χ2n) is 5.07. The second-order valence-corrected chi connectivity index (χ2v) is 5.92. The van der Waals surface area contributed by atoms with E-state index in [4.69, 9.17) is 37.4 Å². The van der Waals surface area contributed by atoms with Crippen molar-refractivity contribution in [2.45, 2.75) is 0 Å². The molecule has 0 saturated heterocycles. The number of benzene rings is 2. The summed E-state index contributed by atoms with van der Waals surface area (Å²) in [6.45, 7) is 0. The van der Waals surface area contributed by atoms with Gasteiger partial charge < -0.3 is 14.2 Å². The molecule has 7 heteroatoms. The van der Waals surface area contributed by atoms with Gasteiger partial charge in [-0.15, -0.1) is 0 Å². The van der Waals surface area contributed by atoms with E-state index < -0.39 is 5.97 Å². The maximum atomic E-state index is 12.1. The lowest BCUT2D eigenvalue weighted by atomic mass is 10.2. The molecule has 0 unspecified atom stereocenters. The Morgan fingerprint density at radius 3 is 2.48 bits per heavy atom. The zero-order chi connectivity index (χ0) is 18.0. The number of methoxy groups -OCH3 is 2. The maximum absolute atomic E-state index is 12.1. The molecule has 0 amide bonds. The van der Waals surface area contributed by atoms with Crippen LogP contribution >= 0.6 is 23.2 Å². The quantitative estimate of drug-likeness (QED) is 0.586. The van der Waals surface area contributed by atoms with Gasteiger partial charge >= 0.3 is 5.97 Å². The number of cyclic esters (lactones) is 1. The first-order chi connectivity index (χ1) is 12.0. The summed E-state index contributed by atoms with van der Waals surface area (Å²) in [5.41, 5.74) is 1.36. The minimum absolute atomic E-state index is 0.147. The summed E-state index contributed by atoms with van der Waals surface area (Å²) < 4.78 is 15.7. The van der Waals surface area contributed by atoms with Crippen LogP contribution < -0.4 is 9.47 Å². The molecule has 0 radical (unpaired) electrons. The van der Waals surface area contributed by atoms with E-state index in [1.165, 1.54) is 7.11 Å². The minimum Gasteiger partial charge on any atom is -0.493 e. The number of rotatable bonds is 4. The van der Waals surface area contributed by atoms with Gasteiger partial charge in [-0.2, -0.15) is 0 Å². The van der Waals surface area contributed by atoms with Crippen molar-refractivity contribution in [2.24, 2.45) is 4.99 Å². The molecule has 0 saturated carbocycles. The van der Waals surface area contributed by atoms with Crippen LogP contribution in [0.25, 0.3) is 6.08 Å². The predicted molar refractivity (Wildman–Crippen MR) is 96.6 cm³/mol. The van der Waals surface area contributed by atoms with Gasteiger partial charge in [0.15, 0.2) is 17.2 Å². The fourth-order valence-corrected chi connectivity index (χ4v) is 2.73. The number of carbonyl (C=O) groups is 1. The van der Waals surface area contributed by atoms with Crippen molar-refractivity contribution in [3.8, 4) is 11.5 Å². The Morgan fingerprint density at radius 2 is 1.80 bits per heavy atom. The molecule has 1 aliphatic rings. The molecule has 25 heavy (non-hydrogen) atoms. The van der Waals surface area contributed by atoms with E-state index in [-0.39, 0.29) is 11.6 Å². The molecule has 3 rings (SSSR count). The predicted octanol–water partition coefficient (Wildman–Crippen LogP) is 4.36. The molecule has 2 aromatic rings. The van der Waals surface area contributed by atoms with Gasteiger partial charge in [0.2, 0.25) is 5.90 Å². The average Bonchev–Trinajstić information content (AvgIpc) is 2.97. The van der Waals surface area contributed by atoms with Gasteiger partial charge in [-0.3, -0.25) is 0 Å². The molecule has 0 N–H and O–H groups in total. The van der Waals surface area contributed by atoms with Crippen LogP contribution in [0.5, 0.6) is 11.5 Å². The molecule has 2 aromatic carbocycles. The fraction of sp³-hybridized carbons (Fsp3) is 0.111. The van der Waals surface area contributed by atoms with Crippen molar-refractivity contribution >= 4 is 41.1 Å². The first-order valence-corrected chi connectivity index (χ1v) is 7.97. The highest BCUT2D eigenvalue weighted by atomic mass is 35.5. The summed E-state index contributed by atoms with van der Waals surface area (Å²) in [4.78, 5) is 16.3. The summed E-state index contributed by atoms with van der Waals surface area (Å²) >= 11 is 12.0. The van der Waals surface area contributed by atoms with E-state index in [0.717, 1.165) is 0 Å². The normalized spacial score (nSPS) is 15.1. The third kappa shape index (κ3) is 3.62. The number of esters is 1. The lowest BCUT2D eigenvalue weighted by Crippen LogP contribution is -2.06. The van der Waals surface area contributed by atoms with Crippen molar-refractivity contribution in [3.05, 3.63) is 63.3 Å². The smallest absolute Gasteiger partial charge is 0.363 e. The fourth-order valence-electron chi connectivity index (χ4n) is 2.27. The molecule has 128 valence electrons. The topological polar surface area (TPSA) is 57.1 Å². The zero-order valence-electron chi connectivity index (χ0n) is 13.4. The van der Waals surface area contributed by atoms with E-state index in [2.05, 4.69) is 4.99 Å². The number of halogens is 2. The second kappa shape index (κ2) is 7.17. The highest BCUT2D eigenvalue weighted by Crippen LogP contribution is 2.30. The molecule has 0 aliphatic carbocycles. The van der Waals surface area contributed by atoms with Crippen molar-refractivity contribution in [1.82, 2.24) is 0 Å². The Kier molecular flexibility index (Phi) is 4.97. The molecule has 1 heterocycles. The summed E-state index contributed by atoms with van der Waals surface area (Å²) in [5, 5.41) is 0.929. The van der Waals surface area contributed by atoms with Crippen LogP contribution in [0, 0.1) is 0 Å². The lowest BCUT2D eigenvalue weighted by molar-refractivity contribution is -0.129. The van der Waals surface area contributed by atoms with E-state index in [9.17, 15) is 4.79 Å². The molecule has 0 atom stereocenters. The largest absolute Gasteiger partial charge is 0.493 e. The number of aliphatic imine (C=N–C) groups is 1. The standard InChI is InChI=1S/C18H13Cl2NO4/c1-23-15-6-4-11(8-16(15)24-2)17-21-14(18(22)25-17)7-10-3-5-12(19)9-13(10)20/h3-9H,1-2H3/b14-7-. The number of ether oxygens (including phenoxy) is 3. The van der Waals surface area contributed by atoms with E-state index in [0.29, 0.717) is 32.7 Å². The van der Waals surface area contributed by atoms with E-state index in [1.807, 2.05) is 0 Å². The van der Waals surface area contributed by atoms with Crippen LogP contribution in [0.4, 0.5) is 0 Å². The molecule has 0 aromatic heterocycles. The minimum atomic E-state index is -0.559. The molecule has 5 nitrogen and oxygen atoms in total. The average molecular weight is 378 g/mol. The summed E-state index contributed by atoms with van der Waals surface area (Å²) in [6.07, 6.45) is 1.55. The van der Waals surface area contributed by atoms with Crippen LogP contribution in [-0.4, -0.2) is 26.1 Å². The Hall–Kier alpha value is -2.50. The third-order valence-corrected chi connectivity index (χ3v) is 4.07. The first kappa shape index (κ1) is 17.3. The highest BCUT2D eigenvalue weighted by molar-refractivity contribution is 6.35. The number of hydrogen-bond donors (Lipinski definition) is 0. The first-order valence-electron chi connectivity index (χ1n) is 7.22. The maximum Gasteiger partial charge on any atom is 0.363 e. The van der Waals surface area contributed by atoms with Crippen LogP contribution in [0.3, 0.4) is 0 Å². The molecular formula is C18H13Cl2NO4. The summed E-state index contributed by atoms with van der Waals surface area (Å²) in [6, 6.07) is 10.1. The van der Waals surface area contributed by atoms with Crippen LogP contribution in [-0.2, 0) is 9.53 Å². The Bertz CT molecular complexity index is 906. The monoisotopic (exact) mass is 377 g/mol. The van der Waals surface area contributed by atoms with Gasteiger partial charge in [0, 0.05) is 15.6 Å². The van der Waals surface area contributed by atoms with Crippen LogP contribution in [0.15, 0.2) is 47.1 Å². The van der Waals surface area contributed by atoms with Gasteiger partial charge in [-0.1, -0.05) is 29.3 Å². The van der Waals surface area contributed by atoms with Crippen molar-refractivity contribution < 1.29 is 19.0 Å². The lowest BCUT2D eigenvalue weighted by Gasteiger charge is -2.08. The van der Waals surface area contributed by atoms with Crippen LogP contribution in [0.1, 0.15) is 11.1 Å². The van der Waals surface area contributed by atoms with Crippen molar-refractivity contribution in [1.29, 1.82) is 0 Å². The third-order valence-electron chi connectivity index (χ3n) is 3.51. The van der Waals surface area contributed by atoms with E-state index in [1.54, 1.807) is 49.6 Å². The van der Waals surface area contributed by atoms with Gasteiger partial charge in [-0.05, 0) is 42.0 Å². The SMILES string of the molecule is COc1ccc(C2=N/C(=C\c3ccc(Cl)cc3Cl)C(=O)O2)cc1OC. The molecular weight excluding hydrogens is 365 g/mol. The Balaban J connectivity index is 1.96. The zero-order valence-corrected chi connectivity index (χ0v) is 14.9. The summed E-state index contributed by atoms with van der Waals surface area (Å²) in [5.74, 6) is 0.704. The number of hydrogen-bond acceptors (Lipinski definition) is 5. The number of nitrogens with zero attached hydrogens (tertiary/aromatic N) is 1.